The summed E-state index contributed by atoms with van der Waals surface area (Å²) >= 11 is 0. The van der Waals surface area contributed by atoms with Gasteiger partial charge in [0.1, 0.15) is 0 Å². The molecule has 35 heavy (non-hydrogen) atoms. The number of aromatic nitrogens is 2. The van der Waals surface area contributed by atoms with Gasteiger partial charge < -0.3 is 14.4 Å². The van der Waals surface area contributed by atoms with Gasteiger partial charge >= 0.3 is 6.18 Å². The largest absolute Gasteiger partial charge is 0.481 e. The van der Waals surface area contributed by atoms with Crippen LogP contribution in [0.15, 0.2) is 60.7 Å². The van der Waals surface area contributed by atoms with Crippen molar-refractivity contribution in [1.29, 1.82) is 0 Å². The number of rotatable bonds is 6. The minimum atomic E-state index is -4.50. The number of hydrogen-bond acceptors (Lipinski definition) is 6. The van der Waals surface area contributed by atoms with Gasteiger partial charge in [-0.15, -0.1) is 0 Å². The lowest BCUT2D eigenvalue weighted by atomic mass is 10.0. The van der Waals surface area contributed by atoms with Crippen LogP contribution in [-0.2, 0) is 6.18 Å². The normalized spacial score (nSPS) is 15.5. The van der Waals surface area contributed by atoms with E-state index in [1.807, 2.05) is 30.3 Å². The van der Waals surface area contributed by atoms with E-state index in [1.165, 1.54) is 26.4 Å². The predicted molar refractivity (Wildman–Crippen MR) is 122 cm³/mol. The minimum absolute atomic E-state index is 0.0220. The van der Waals surface area contributed by atoms with Crippen LogP contribution < -0.4 is 9.47 Å². The summed E-state index contributed by atoms with van der Waals surface area (Å²) in [5.41, 5.74) is 0.143. The molecule has 2 heterocycles. The van der Waals surface area contributed by atoms with E-state index in [9.17, 15) is 18.0 Å². The number of methoxy groups -OCH3 is 2. The molecule has 0 spiro atoms. The first-order valence-corrected chi connectivity index (χ1v) is 11.0. The van der Waals surface area contributed by atoms with Gasteiger partial charge in [-0.05, 0) is 23.8 Å². The molecule has 10 heteroatoms. The second kappa shape index (κ2) is 10.3. The fourth-order valence-corrected chi connectivity index (χ4v) is 4.11. The molecule has 1 aromatic heterocycles. The highest BCUT2D eigenvalue weighted by Crippen LogP contribution is 2.32. The lowest BCUT2D eigenvalue weighted by Gasteiger charge is -2.39. The fraction of sp³-hybridized carbons (Fsp3) is 0.320. The SMILES string of the molecule is COc1cc(OC)nc(C(c2ccccc2)N2CCN(C(=O)c3cccc(C(F)(F)F)c3)CC2)n1. The van der Waals surface area contributed by atoms with Crippen LogP contribution in [0.2, 0.25) is 0 Å². The molecule has 0 aliphatic carbocycles. The number of nitrogens with zero attached hydrogens (tertiary/aromatic N) is 4. The third-order valence-corrected chi connectivity index (χ3v) is 5.88. The molecule has 1 aliphatic heterocycles. The molecule has 0 bridgehead atoms. The summed E-state index contributed by atoms with van der Waals surface area (Å²) in [5, 5.41) is 0. The molecule has 0 saturated carbocycles. The first-order chi connectivity index (χ1) is 16.8. The van der Waals surface area contributed by atoms with Crippen LogP contribution in [0.1, 0.15) is 33.4 Å². The fourth-order valence-electron chi connectivity index (χ4n) is 4.11. The highest BCUT2D eigenvalue weighted by molar-refractivity contribution is 5.94. The topological polar surface area (TPSA) is 67.8 Å². The van der Waals surface area contributed by atoms with E-state index >= 15 is 0 Å². The zero-order chi connectivity index (χ0) is 25.0. The first-order valence-electron chi connectivity index (χ1n) is 11.0. The van der Waals surface area contributed by atoms with Crippen molar-refractivity contribution < 1.29 is 27.4 Å². The highest BCUT2D eigenvalue weighted by atomic mass is 19.4. The molecule has 1 saturated heterocycles. The van der Waals surface area contributed by atoms with Crippen molar-refractivity contribution in [2.45, 2.75) is 12.2 Å². The molecular weight excluding hydrogens is 461 g/mol. The lowest BCUT2D eigenvalue weighted by Crippen LogP contribution is -2.50. The number of halogens is 3. The number of alkyl halides is 3. The predicted octanol–water partition coefficient (Wildman–Crippen LogP) is 4.06. The Hall–Kier alpha value is -3.66. The van der Waals surface area contributed by atoms with Crippen molar-refractivity contribution in [2.75, 3.05) is 40.4 Å². The molecule has 0 N–H and O–H groups in total. The molecular formula is C25H25F3N4O3. The number of hydrogen-bond donors (Lipinski definition) is 0. The monoisotopic (exact) mass is 486 g/mol. The van der Waals surface area contributed by atoms with Crippen LogP contribution in [-0.4, -0.2) is 66.1 Å². The van der Waals surface area contributed by atoms with Crippen LogP contribution in [0.5, 0.6) is 11.8 Å². The average molecular weight is 486 g/mol. The quantitative estimate of drug-likeness (QED) is 0.524. The van der Waals surface area contributed by atoms with Crippen molar-refractivity contribution >= 4 is 5.91 Å². The number of carbonyl (C=O) groups is 1. The summed E-state index contributed by atoms with van der Waals surface area (Å²) in [6.07, 6.45) is -4.50. The summed E-state index contributed by atoms with van der Waals surface area (Å²) < 4.78 is 49.9. The smallest absolute Gasteiger partial charge is 0.416 e. The number of amides is 1. The Morgan fingerprint density at radius 1 is 0.886 bits per heavy atom. The maximum absolute atomic E-state index is 13.1. The third-order valence-electron chi connectivity index (χ3n) is 5.88. The second-order valence-corrected chi connectivity index (χ2v) is 8.03. The number of piperazine rings is 1. The van der Waals surface area contributed by atoms with E-state index in [0.717, 1.165) is 17.7 Å². The van der Waals surface area contributed by atoms with Gasteiger partial charge in [-0.1, -0.05) is 36.4 Å². The van der Waals surface area contributed by atoms with Crippen molar-refractivity contribution in [3.63, 3.8) is 0 Å². The second-order valence-electron chi connectivity index (χ2n) is 8.03. The third kappa shape index (κ3) is 5.54. The average Bonchev–Trinajstić information content (AvgIpc) is 2.89. The minimum Gasteiger partial charge on any atom is -0.481 e. The zero-order valence-corrected chi connectivity index (χ0v) is 19.3. The van der Waals surface area contributed by atoms with Gasteiger partial charge in [0.05, 0.1) is 31.9 Å². The number of ether oxygens (including phenoxy) is 2. The summed E-state index contributed by atoms with van der Waals surface area (Å²) in [6, 6.07) is 15.5. The van der Waals surface area contributed by atoms with Crippen LogP contribution in [0.3, 0.4) is 0 Å². The van der Waals surface area contributed by atoms with E-state index in [2.05, 4.69) is 14.9 Å². The molecule has 2 aromatic carbocycles. The molecule has 3 aromatic rings. The van der Waals surface area contributed by atoms with E-state index in [1.54, 1.807) is 11.0 Å². The Balaban J connectivity index is 1.56. The summed E-state index contributed by atoms with van der Waals surface area (Å²) in [7, 11) is 3.03. The molecule has 1 atom stereocenters. The first kappa shape index (κ1) is 24.5. The van der Waals surface area contributed by atoms with Gasteiger partial charge in [-0.25, -0.2) is 0 Å². The molecule has 1 aliphatic rings. The van der Waals surface area contributed by atoms with Crippen LogP contribution >= 0.6 is 0 Å². The number of benzene rings is 2. The van der Waals surface area contributed by atoms with E-state index < -0.39 is 17.6 Å². The van der Waals surface area contributed by atoms with Crippen molar-refractivity contribution in [2.24, 2.45) is 0 Å². The maximum Gasteiger partial charge on any atom is 0.416 e. The molecule has 1 unspecified atom stereocenters. The molecule has 184 valence electrons. The van der Waals surface area contributed by atoms with Crippen LogP contribution in [0, 0.1) is 0 Å². The Kier molecular flexibility index (Phi) is 7.20. The molecule has 7 nitrogen and oxygen atoms in total. The van der Waals surface area contributed by atoms with Gasteiger partial charge in [-0.3, -0.25) is 9.69 Å². The van der Waals surface area contributed by atoms with Gasteiger partial charge in [0, 0.05) is 31.7 Å². The standard InChI is InChI=1S/C25H25F3N4O3/c1-34-20-16-21(35-2)30-23(29-20)22(17-7-4-3-5-8-17)31-11-13-32(14-12-31)24(33)18-9-6-10-19(15-18)25(26,27)28/h3-10,15-16,22H,11-14H2,1-2H3. The van der Waals surface area contributed by atoms with Gasteiger partial charge in [-0.2, -0.15) is 23.1 Å². The lowest BCUT2D eigenvalue weighted by molar-refractivity contribution is -0.137. The van der Waals surface area contributed by atoms with Gasteiger partial charge in [0.25, 0.3) is 5.91 Å². The van der Waals surface area contributed by atoms with Crippen molar-refractivity contribution in [3.8, 4) is 11.8 Å². The Morgan fingerprint density at radius 3 is 2.09 bits per heavy atom. The summed E-state index contributed by atoms with van der Waals surface area (Å²) in [5.74, 6) is 0.800. The van der Waals surface area contributed by atoms with Crippen LogP contribution in [0.4, 0.5) is 13.2 Å². The van der Waals surface area contributed by atoms with Gasteiger partial charge in [0.2, 0.25) is 11.8 Å². The van der Waals surface area contributed by atoms with E-state index in [4.69, 9.17) is 9.47 Å². The molecule has 0 radical (unpaired) electrons. The molecule has 1 amide bonds. The van der Waals surface area contributed by atoms with Crippen molar-refractivity contribution in [1.82, 2.24) is 19.8 Å². The van der Waals surface area contributed by atoms with Crippen LogP contribution in [0.25, 0.3) is 0 Å². The molecule has 1 fully saturated rings. The Labute approximate surface area is 201 Å². The Morgan fingerprint density at radius 2 is 1.51 bits per heavy atom. The molecule has 4 rings (SSSR count). The summed E-state index contributed by atoms with van der Waals surface area (Å²) in [4.78, 5) is 25.7. The van der Waals surface area contributed by atoms with Crippen molar-refractivity contribution in [3.05, 3.63) is 83.2 Å². The number of carbonyl (C=O) groups excluding carboxylic acids is 1. The Bertz CT molecular complexity index is 1140. The van der Waals surface area contributed by atoms with E-state index in [0.29, 0.717) is 43.8 Å². The highest BCUT2D eigenvalue weighted by Gasteiger charge is 2.33. The summed E-state index contributed by atoms with van der Waals surface area (Å²) in [6.45, 7) is 1.65. The maximum atomic E-state index is 13.1. The zero-order valence-electron chi connectivity index (χ0n) is 19.3. The van der Waals surface area contributed by atoms with Gasteiger partial charge in [0.15, 0.2) is 5.82 Å². The van der Waals surface area contributed by atoms with E-state index in [-0.39, 0.29) is 11.6 Å².